The first-order valence-corrected chi connectivity index (χ1v) is 8.99. The van der Waals surface area contributed by atoms with E-state index >= 15 is 0 Å². The van der Waals surface area contributed by atoms with Crippen LogP contribution < -0.4 is 5.32 Å². The molecule has 4 heterocycles. The van der Waals surface area contributed by atoms with Gasteiger partial charge in [0.15, 0.2) is 11.5 Å². The quantitative estimate of drug-likeness (QED) is 0.702. The van der Waals surface area contributed by atoms with Crippen molar-refractivity contribution in [3.05, 3.63) is 42.2 Å². The van der Waals surface area contributed by atoms with Crippen LogP contribution in [0.4, 0.5) is 5.82 Å². The van der Waals surface area contributed by atoms with Gasteiger partial charge >= 0.3 is 0 Å². The molecule has 1 saturated heterocycles. The van der Waals surface area contributed by atoms with Gasteiger partial charge in [-0.1, -0.05) is 0 Å². The normalized spacial score (nSPS) is 23.5. The standard InChI is InChI=1S/C18H20N6O3/c1-26-5-4-24-3-2-15(22-24)21-18(25)14-8-23-7-13(20-16(23)6-19-14)17-11-9-27-10-12(11)17/h2-3,6-8,11-12,17H,4-5,9-10H2,1H3,(H,21,22,25). The lowest BCUT2D eigenvalue weighted by atomic mass is 10.2. The van der Waals surface area contributed by atoms with Crippen LogP contribution in [0, 0.1) is 11.8 Å². The lowest BCUT2D eigenvalue weighted by Gasteiger charge is -2.02. The molecule has 0 radical (unpaired) electrons. The van der Waals surface area contributed by atoms with E-state index in [0.717, 1.165) is 24.6 Å². The lowest BCUT2D eigenvalue weighted by molar-refractivity contribution is 0.102. The van der Waals surface area contributed by atoms with Crippen LogP contribution in [0.5, 0.6) is 0 Å². The van der Waals surface area contributed by atoms with Crippen LogP contribution in [0.15, 0.2) is 30.9 Å². The summed E-state index contributed by atoms with van der Waals surface area (Å²) in [4.78, 5) is 21.4. The first kappa shape index (κ1) is 16.4. The van der Waals surface area contributed by atoms with Crippen LogP contribution in [0.1, 0.15) is 22.1 Å². The number of anilines is 1. The highest BCUT2D eigenvalue weighted by molar-refractivity contribution is 6.02. The second kappa shape index (κ2) is 6.43. The molecule has 2 fully saturated rings. The molecule has 1 aliphatic heterocycles. The molecule has 3 aromatic rings. The van der Waals surface area contributed by atoms with E-state index in [1.807, 2.05) is 10.6 Å². The molecular weight excluding hydrogens is 348 g/mol. The van der Waals surface area contributed by atoms with Gasteiger partial charge in [-0.3, -0.25) is 9.48 Å². The van der Waals surface area contributed by atoms with Gasteiger partial charge in [0.1, 0.15) is 5.69 Å². The number of carbonyl (C=O) groups is 1. The zero-order valence-corrected chi connectivity index (χ0v) is 14.9. The van der Waals surface area contributed by atoms with E-state index in [1.165, 1.54) is 0 Å². The maximum Gasteiger partial charge on any atom is 0.276 e. The highest BCUT2D eigenvalue weighted by Gasteiger charge is 2.55. The van der Waals surface area contributed by atoms with Crippen molar-refractivity contribution in [2.24, 2.45) is 11.8 Å². The number of aromatic nitrogens is 5. The number of fused-ring (bicyclic) bond motifs is 2. The van der Waals surface area contributed by atoms with E-state index in [9.17, 15) is 4.79 Å². The Morgan fingerprint density at radius 3 is 3.04 bits per heavy atom. The van der Waals surface area contributed by atoms with Crippen LogP contribution in [0.25, 0.3) is 5.65 Å². The SMILES string of the molecule is COCCn1ccc(NC(=O)c2cn3cc(C4C5COCC54)nc3cn2)n1. The topological polar surface area (TPSA) is 95.6 Å². The molecule has 0 aromatic carbocycles. The predicted octanol–water partition coefficient (Wildman–Crippen LogP) is 1.18. The van der Waals surface area contributed by atoms with Crippen LogP contribution in [-0.4, -0.2) is 57.0 Å². The fraction of sp³-hybridized carbons (Fsp3) is 0.444. The van der Waals surface area contributed by atoms with Crippen molar-refractivity contribution in [3.63, 3.8) is 0 Å². The molecule has 2 unspecified atom stereocenters. The van der Waals surface area contributed by atoms with Crippen LogP contribution in [0.3, 0.4) is 0 Å². The average Bonchev–Trinajstić information content (AvgIpc) is 3.14. The molecule has 1 aliphatic carbocycles. The van der Waals surface area contributed by atoms with E-state index in [-0.39, 0.29) is 5.91 Å². The van der Waals surface area contributed by atoms with Crippen molar-refractivity contribution < 1.29 is 14.3 Å². The Morgan fingerprint density at radius 2 is 2.22 bits per heavy atom. The summed E-state index contributed by atoms with van der Waals surface area (Å²) in [7, 11) is 1.64. The highest BCUT2D eigenvalue weighted by atomic mass is 16.5. The second-order valence-corrected chi connectivity index (χ2v) is 7.01. The first-order chi connectivity index (χ1) is 13.2. The van der Waals surface area contributed by atoms with Crippen LogP contribution >= 0.6 is 0 Å². The summed E-state index contributed by atoms with van der Waals surface area (Å²) in [6, 6.07) is 1.75. The maximum absolute atomic E-state index is 12.5. The number of hydrogen-bond donors (Lipinski definition) is 1. The monoisotopic (exact) mass is 368 g/mol. The molecule has 140 valence electrons. The Labute approximate surface area is 155 Å². The molecule has 1 saturated carbocycles. The molecular formula is C18H20N6O3. The smallest absolute Gasteiger partial charge is 0.276 e. The van der Waals surface area contributed by atoms with Gasteiger partial charge in [0.05, 0.1) is 38.3 Å². The summed E-state index contributed by atoms with van der Waals surface area (Å²) in [5, 5.41) is 7.06. The highest BCUT2D eigenvalue weighted by Crippen LogP contribution is 2.56. The summed E-state index contributed by atoms with van der Waals surface area (Å²) < 4.78 is 14.0. The molecule has 9 nitrogen and oxygen atoms in total. The molecule has 5 rings (SSSR count). The lowest BCUT2D eigenvalue weighted by Crippen LogP contribution is -2.15. The van der Waals surface area contributed by atoms with Gasteiger partial charge in [-0.2, -0.15) is 5.10 Å². The molecule has 27 heavy (non-hydrogen) atoms. The van der Waals surface area contributed by atoms with Crippen LogP contribution in [-0.2, 0) is 16.0 Å². The van der Waals surface area contributed by atoms with Gasteiger partial charge in [-0.05, 0) is 11.8 Å². The number of amides is 1. The summed E-state index contributed by atoms with van der Waals surface area (Å²) in [6.45, 7) is 2.84. The molecule has 1 amide bonds. The van der Waals surface area contributed by atoms with Gasteiger partial charge in [-0.15, -0.1) is 0 Å². The maximum atomic E-state index is 12.5. The van der Waals surface area contributed by atoms with Crippen LogP contribution in [0.2, 0.25) is 0 Å². The summed E-state index contributed by atoms with van der Waals surface area (Å²) >= 11 is 0. The summed E-state index contributed by atoms with van der Waals surface area (Å²) in [6.07, 6.45) is 7.13. The molecule has 1 N–H and O–H groups in total. The van der Waals surface area contributed by atoms with Gasteiger partial charge in [0.25, 0.3) is 5.91 Å². The third-order valence-electron chi connectivity index (χ3n) is 5.29. The van der Waals surface area contributed by atoms with E-state index in [4.69, 9.17) is 9.47 Å². The minimum atomic E-state index is -0.305. The van der Waals surface area contributed by atoms with Gasteiger partial charge in [0.2, 0.25) is 0 Å². The largest absolute Gasteiger partial charge is 0.383 e. The van der Waals surface area contributed by atoms with E-state index in [0.29, 0.717) is 42.4 Å². The number of methoxy groups -OCH3 is 1. The number of nitrogens with zero attached hydrogens (tertiary/aromatic N) is 5. The van der Waals surface area contributed by atoms with Crippen molar-refractivity contribution in [3.8, 4) is 0 Å². The number of ether oxygens (including phenoxy) is 2. The zero-order chi connectivity index (χ0) is 18.4. The fourth-order valence-corrected chi connectivity index (χ4v) is 3.79. The number of hydrogen-bond acceptors (Lipinski definition) is 6. The summed E-state index contributed by atoms with van der Waals surface area (Å²) in [5.41, 5.74) is 2.12. The van der Waals surface area contributed by atoms with Crippen molar-refractivity contribution in [1.82, 2.24) is 24.1 Å². The number of imidazole rings is 1. The average molecular weight is 368 g/mol. The Morgan fingerprint density at radius 1 is 1.37 bits per heavy atom. The fourth-order valence-electron chi connectivity index (χ4n) is 3.79. The van der Waals surface area contributed by atoms with Crippen molar-refractivity contribution in [2.75, 3.05) is 32.2 Å². The molecule has 9 heteroatoms. The van der Waals surface area contributed by atoms with Gasteiger partial charge in [-0.25, -0.2) is 9.97 Å². The van der Waals surface area contributed by atoms with Gasteiger partial charge < -0.3 is 19.2 Å². The third-order valence-corrected chi connectivity index (χ3v) is 5.29. The first-order valence-electron chi connectivity index (χ1n) is 8.99. The van der Waals surface area contributed by atoms with Crippen molar-refractivity contribution in [1.29, 1.82) is 0 Å². The Kier molecular flexibility index (Phi) is 3.91. The van der Waals surface area contributed by atoms with Crippen molar-refractivity contribution >= 4 is 17.4 Å². The van der Waals surface area contributed by atoms with Gasteiger partial charge in [0, 0.05) is 37.7 Å². The molecule has 3 aromatic heterocycles. The molecule has 0 spiro atoms. The third kappa shape index (κ3) is 2.98. The van der Waals surface area contributed by atoms with E-state index in [2.05, 4.69) is 20.4 Å². The second-order valence-electron chi connectivity index (χ2n) is 7.01. The zero-order valence-electron chi connectivity index (χ0n) is 14.9. The molecule has 2 atom stereocenters. The van der Waals surface area contributed by atoms with E-state index < -0.39 is 0 Å². The Bertz CT molecular complexity index is 986. The molecule has 0 bridgehead atoms. The number of carbonyl (C=O) groups excluding carboxylic acids is 1. The Hall–Kier alpha value is -2.78. The molecule has 2 aliphatic rings. The minimum Gasteiger partial charge on any atom is -0.383 e. The minimum absolute atomic E-state index is 0.305. The number of rotatable bonds is 6. The predicted molar refractivity (Wildman–Crippen MR) is 95.6 cm³/mol. The van der Waals surface area contributed by atoms with E-state index in [1.54, 1.807) is 36.4 Å². The number of nitrogens with one attached hydrogen (secondary N) is 1. The Balaban J connectivity index is 1.30. The van der Waals surface area contributed by atoms with Crippen molar-refractivity contribution in [2.45, 2.75) is 12.5 Å². The summed E-state index contributed by atoms with van der Waals surface area (Å²) in [5.74, 6) is 1.85.